The van der Waals surface area contributed by atoms with Crippen LogP contribution in [0.3, 0.4) is 0 Å². The summed E-state index contributed by atoms with van der Waals surface area (Å²) in [6.45, 7) is 1.49. The average molecular weight is 503 g/mol. The number of nitrogens with zero attached hydrogens (tertiary/aromatic N) is 1. The van der Waals surface area contributed by atoms with Crippen molar-refractivity contribution in [1.29, 1.82) is 0 Å². The monoisotopic (exact) mass is 502 g/mol. The predicted octanol–water partition coefficient (Wildman–Crippen LogP) is 5.55. The molecule has 0 radical (unpaired) electrons. The molecule has 0 aromatic heterocycles. The molecule has 1 N–H and O–H groups in total. The molecule has 1 aliphatic carbocycles. The quantitative estimate of drug-likeness (QED) is 0.460. The van der Waals surface area contributed by atoms with Crippen molar-refractivity contribution in [2.45, 2.75) is 37.1 Å². The number of hydrogen-bond acceptors (Lipinski definition) is 3. The molecule has 4 rings (SSSR count). The van der Waals surface area contributed by atoms with E-state index in [4.69, 9.17) is 23.2 Å². The molecule has 3 aromatic carbocycles. The van der Waals surface area contributed by atoms with Gasteiger partial charge in [-0.2, -0.15) is 0 Å². The normalized spacial score (nSPS) is 13.9. The molecule has 0 heterocycles. The first-order valence-electron chi connectivity index (χ1n) is 10.7. The number of aryl methyl sites for hydroxylation is 2. The summed E-state index contributed by atoms with van der Waals surface area (Å²) in [5, 5.41) is 3.43. The van der Waals surface area contributed by atoms with Crippen molar-refractivity contribution in [2.75, 3.05) is 10.8 Å². The summed E-state index contributed by atoms with van der Waals surface area (Å²) in [6, 6.07) is 18.5. The lowest BCUT2D eigenvalue weighted by molar-refractivity contribution is -0.120. The average Bonchev–Trinajstić information content (AvgIpc) is 3.28. The molecule has 0 unspecified atom stereocenters. The van der Waals surface area contributed by atoms with E-state index >= 15 is 0 Å². The SMILES string of the molecule is C[C@H](NC(=O)CN(c1ccc(Cl)c(Cl)c1)S(=O)(=O)c1ccccc1)c1ccc2c(c1)CCC2. The minimum Gasteiger partial charge on any atom is -0.348 e. The Hall–Kier alpha value is -2.54. The number of rotatable bonds is 7. The van der Waals surface area contributed by atoms with Crippen molar-refractivity contribution in [3.63, 3.8) is 0 Å². The smallest absolute Gasteiger partial charge is 0.264 e. The van der Waals surface area contributed by atoms with E-state index in [0.29, 0.717) is 5.02 Å². The standard InChI is InChI=1S/C25H24Cl2N2O3S/c1-17(19-11-10-18-6-5-7-20(18)14-19)28-25(30)16-29(21-12-13-23(26)24(27)15-21)33(31,32)22-8-3-2-4-9-22/h2-4,8-15,17H,5-7,16H2,1H3,(H,28,30)/t17-/m0/s1. The molecule has 1 amide bonds. The lowest BCUT2D eigenvalue weighted by Gasteiger charge is -2.25. The Morgan fingerprint density at radius 1 is 0.970 bits per heavy atom. The van der Waals surface area contributed by atoms with Gasteiger partial charge in [0, 0.05) is 0 Å². The summed E-state index contributed by atoms with van der Waals surface area (Å²) in [5.41, 5.74) is 3.93. The van der Waals surface area contributed by atoms with Gasteiger partial charge >= 0.3 is 0 Å². The van der Waals surface area contributed by atoms with Crippen LogP contribution in [0.15, 0.2) is 71.6 Å². The molecule has 1 atom stereocenters. The number of benzene rings is 3. The van der Waals surface area contributed by atoms with Crippen molar-refractivity contribution in [2.24, 2.45) is 0 Å². The van der Waals surface area contributed by atoms with E-state index in [-0.39, 0.29) is 21.6 Å². The highest BCUT2D eigenvalue weighted by atomic mass is 35.5. The zero-order valence-electron chi connectivity index (χ0n) is 18.1. The molecule has 1 aliphatic rings. The maximum atomic E-state index is 13.4. The highest BCUT2D eigenvalue weighted by molar-refractivity contribution is 7.92. The highest BCUT2D eigenvalue weighted by Crippen LogP contribution is 2.31. The van der Waals surface area contributed by atoms with Gasteiger partial charge in [0.05, 0.1) is 26.7 Å². The van der Waals surface area contributed by atoms with Crippen LogP contribution >= 0.6 is 23.2 Å². The first kappa shape index (κ1) is 23.6. The Labute approximate surface area is 204 Å². The second-order valence-electron chi connectivity index (χ2n) is 8.09. The molecule has 0 saturated heterocycles. The molecule has 8 heteroatoms. The summed E-state index contributed by atoms with van der Waals surface area (Å²) in [5.74, 6) is -0.423. The van der Waals surface area contributed by atoms with Gasteiger partial charge in [-0.05, 0) is 73.2 Å². The number of nitrogens with one attached hydrogen (secondary N) is 1. The van der Waals surface area contributed by atoms with Gasteiger partial charge < -0.3 is 5.32 Å². The zero-order chi connectivity index (χ0) is 23.6. The number of sulfonamides is 1. The number of carbonyl (C=O) groups is 1. The van der Waals surface area contributed by atoms with Crippen molar-refractivity contribution < 1.29 is 13.2 Å². The maximum absolute atomic E-state index is 13.4. The maximum Gasteiger partial charge on any atom is 0.264 e. The molecule has 33 heavy (non-hydrogen) atoms. The molecule has 0 fully saturated rings. The van der Waals surface area contributed by atoms with E-state index in [1.807, 2.05) is 13.0 Å². The van der Waals surface area contributed by atoms with Crippen molar-refractivity contribution in [3.8, 4) is 0 Å². The van der Waals surface area contributed by atoms with Crippen molar-refractivity contribution in [1.82, 2.24) is 5.32 Å². The minimum atomic E-state index is -4.02. The number of fused-ring (bicyclic) bond motifs is 1. The number of anilines is 1. The molecular weight excluding hydrogens is 479 g/mol. The van der Waals surface area contributed by atoms with E-state index in [2.05, 4.69) is 17.4 Å². The van der Waals surface area contributed by atoms with Crippen LogP contribution in [0.4, 0.5) is 5.69 Å². The number of carbonyl (C=O) groups excluding carboxylic acids is 1. The Bertz CT molecular complexity index is 1280. The molecule has 0 bridgehead atoms. The third kappa shape index (κ3) is 5.18. The summed E-state index contributed by atoms with van der Waals surface area (Å²) in [7, 11) is -4.02. The van der Waals surface area contributed by atoms with E-state index in [9.17, 15) is 13.2 Å². The van der Waals surface area contributed by atoms with Crippen LogP contribution in [0.1, 0.15) is 36.1 Å². The number of halogens is 2. The van der Waals surface area contributed by atoms with Crippen LogP contribution in [0.5, 0.6) is 0 Å². The molecule has 3 aromatic rings. The fraction of sp³-hybridized carbons (Fsp3) is 0.240. The van der Waals surface area contributed by atoms with Crippen LogP contribution in [0, 0.1) is 0 Å². The van der Waals surface area contributed by atoms with Gasteiger partial charge in [0.15, 0.2) is 0 Å². The molecule has 5 nitrogen and oxygen atoms in total. The topological polar surface area (TPSA) is 66.5 Å². The third-order valence-corrected chi connectivity index (χ3v) is 8.34. The van der Waals surface area contributed by atoms with Crippen LogP contribution in [-0.2, 0) is 27.7 Å². The van der Waals surface area contributed by atoms with Crippen molar-refractivity contribution in [3.05, 3.63) is 93.5 Å². The van der Waals surface area contributed by atoms with Gasteiger partial charge in [-0.3, -0.25) is 9.10 Å². The molecule has 0 aliphatic heterocycles. The van der Waals surface area contributed by atoms with Gasteiger partial charge in [-0.25, -0.2) is 8.42 Å². The van der Waals surface area contributed by atoms with Gasteiger partial charge in [0.1, 0.15) is 6.54 Å². The Morgan fingerprint density at radius 2 is 1.70 bits per heavy atom. The minimum absolute atomic E-state index is 0.0792. The van der Waals surface area contributed by atoms with Crippen molar-refractivity contribution >= 4 is 44.8 Å². The summed E-state index contributed by atoms with van der Waals surface area (Å²) >= 11 is 12.2. The number of amides is 1. The first-order valence-corrected chi connectivity index (χ1v) is 12.9. The molecule has 0 spiro atoms. The highest BCUT2D eigenvalue weighted by Gasteiger charge is 2.28. The third-order valence-electron chi connectivity index (χ3n) is 5.81. The fourth-order valence-electron chi connectivity index (χ4n) is 4.04. The van der Waals surface area contributed by atoms with Gasteiger partial charge in [0.2, 0.25) is 5.91 Å². The van der Waals surface area contributed by atoms with Gasteiger partial charge in [-0.15, -0.1) is 0 Å². The Kier molecular flexibility index (Phi) is 6.98. The second-order valence-corrected chi connectivity index (χ2v) is 10.8. The van der Waals surface area contributed by atoms with Crippen LogP contribution in [0.2, 0.25) is 10.0 Å². The molecule has 0 saturated carbocycles. The fourth-order valence-corrected chi connectivity index (χ4v) is 5.76. The van der Waals surface area contributed by atoms with E-state index in [0.717, 1.165) is 29.1 Å². The van der Waals surface area contributed by atoms with Crippen LogP contribution < -0.4 is 9.62 Å². The van der Waals surface area contributed by atoms with Crippen LogP contribution in [-0.4, -0.2) is 20.9 Å². The van der Waals surface area contributed by atoms with E-state index in [1.165, 1.54) is 41.5 Å². The largest absolute Gasteiger partial charge is 0.348 e. The molecule has 172 valence electrons. The zero-order valence-corrected chi connectivity index (χ0v) is 20.4. The van der Waals surface area contributed by atoms with E-state index < -0.39 is 22.5 Å². The predicted molar refractivity (Wildman–Crippen MR) is 132 cm³/mol. The second kappa shape index (κ2) is 9.75. The summed E-state index contributed by atoms with van der Waals surface area (Å²) in [4.78, 5) is 13.1. The Morgan fingerprint density at radius 3 is 2.42 bits per heavy atom. The lowest BCUT2D eigenvalue weighted by atomic mass is 10.0. The van der Waals surface area contributed by atoms with E-state index in [1.54, 1.807) is 18.2 Å². The summed E-state index contributed by atoms with van der Waals surface area (Å²) < 4.78 is 27.9. The summed E-state index contributed by atoms with van der Waals surface area (Å²) in [6.07, 6.45) is 3.28. The van der Waals surface area contributed by atoms with Crippen LogP contribution in [0.25, 0.3) is 0 Å². The van der Waals surface area contributed by atoms with Gasteiger partial charge in [0.25, 0.3) is 10.0 Å². The lowest BCUT2D eigenvalue weighted by Crippen LogP contribution is -2.41. The van der Waals surface area contributed by atoms with Gasteiger partial charge in [-0.1, -0.05) is 59.6 Å². The Balaban J connectivity index is 1.59. The number of hydrogen-bond donors (Lipinski definition) is 1. The first-order chi connectivity index (χ1) is 15.8. The molecular formula is C25H24Cl2N2O3S.